The Morgan fingerprint density at radius 2 is 1.77 bits per heavy atom. The summed E-state index contributed by atoms with van der Waals surface area (Å²) in [6.45, 7) is 2.85. The number of benzene rings is 2. The molecule has 2 aromatic rings. The molecule has 2 aromatic carbocycles. The van der Waals surface area contributed by atoms with Crippen molar-refractivity contribution in [3.05, 3.63) is 59.7 Å². The van der Waals surface area contributed by atoms with Gasteiger partial charge in [0.2, 0.25) is 21.8 Å². The van der Waals surface area contributed by atoms with Crippen molar-refractivity contribution >= 4 is 27.5 Å². The summed E-state index contributed by atoms with van der Waals surface area (Å²) in [6, 6.07) is 13.6. The Morgan fingerprint density at radius 3 is 2.43 bits per heavy atom. The first-order valence-corrected chi connectivity index (χ1v) is 11.6. The zero-order valence-electron chi connectivity index (χ0n) is 16.9. The molecule has 158 valence electrons. The van der Waals surface area contributed by atoms with Crippen molar-refractivity contribution in [2.75, 3.05) is 18.0 Å². The molecule has 8 heteroatoms. The summed E-state index contributed by atoms with van der Waals surface area (Å²) in [4.78, 5) is 26.8. The standard InChI is InChI=1S/C22H25N3O4S/c1-16(26)25-20-10-9-19(30(28,29)24-11-5-6-12-24)13-18(20)14-21(25)22(27)23-15-17-7-3-2-4-8-17/h2-4,7-10,13,21H,5-6,11-12,14-15H2,1H3,(H,23,27). The number of amides is 2. The zero-order valence-corrected chi connectivity index (χ0v) is 17.7. The van der Waals surface area contributed by atoms with Gasteiger partial charge >= 0.3 is 0 Å². The van der Waals surface area contributed by atoms with Crippen molar-refractivity contribution in [2.24, 2.45) is 0 Å². The lowest BCUT2D eigenvalue weighted by atomic mass is 10.1. The van der Waals surface area contributed by atoms with Gasteiger partial charge in [0.05, 0.1) is 4.90 Å². The highest BCUT2D eigenvalue weighted by molar-refractivity contribution is 7.89. The van der Waals surface area contributed by atoms with Gasteiger partial charge in [0, 0.05) is 38.7 Å². The largest absolute Gasteiger partial charge is 0.350 e. The number of fused-ring (bicyclic) bond motifs is 1. The Labute approximate surface area is 176 Å². The molecule has 1 N–H and O–H groups in total. The van der Waals surface area contributed by atoms with Gasteiger partial charge in [-0.1, -0.05) is 30.3 Å². The van der Waals surface area contributed by atoms with Gasteiger partial charge in [-0.25, -0.2) is 8.42 Å². The number of carbonyl (C=O) groups is 2. The monoisotopic (exact) mass is 427 g/mol. The molecule has 1 fully saturated rings. The van der Waals surface area contributed by atoms with E-state index >= 15 is 0 Å². The predicted molar refractivity (Wildman–Crippen MR) is 113 cm³/mol. The van der Waals surface area contributed by atoms with E-state index in [4.69, 9.17) is 0 Å². The molecule has 7 nitrogen and oxygen atoms in total. The lowest BCUT2D eigenvalue weighted by Gasteiger charge is -2.23. The molecule has 2 aliphatic rings. The van der Waals surface area contributed by atoms with E-state index in [1.54, 1.807) is 12.1 Å². The molecule has 2 aliphatic heterocycles. The molecular weight excluding hydrogens is 402 g/mol. The summed E-state index contributed by atoms with van der Waals surface area (Å²) in [5.74, 6) is -0.502. The van der Waals surface area contributed by atoms with Crippen molar-refractivity contribution in [1.82, 2.24) is 9.62 Å². The minimum atomic E-state index is -3.55. The van der Waals surface area contributed by atoms with Gasteiger partial charge in [-0.3, -0.25) is 14.5 Å². The fourth-order valence-electron chi connectivity index (χ4n) is 4.17. The van der Waals surface area contributed by atoms with Crippen LogP contribution in [-0.2, 0) is 32.6 Å². The van der Waals surface area contributed by atoms with Crippen molar-refractivity contribution in [1.29, 1.82) is 0 Å². The lowest BCUT2D eigenvalue weighted by Crippen LogP contribution is -2.47. The van der Waals surface area contributed by atoms with Gasteiger partial charge < -0.3 is 5.32 Å². The summed E-state index contributed by atoms with van der Waals surface area (Å²) in [7, 11) is -3.55. The molecule has 1 saturated heterocycles. The number of hydrogen-bond donors (Lipinski definition) is 1. The van der Waals surface area contributed by atoms with E-state index in [1.807, 2.05) is 30.3 Å². The summed E-state index contributed by atoms with van der Waals surface area (Å²) < 4.78 is 27.3. The van der Waals surface area contributed by atoms with Crippen LogP contribution in [0.5, 0.6) is 0 Å². The number of nitrogens with zero attached hydrogens (tertiary/aromatic N) is 2. The maximum Gasteiger partial charge on any atom is 0.243 e. The Kier molecular flexibility index (Phi) is 5.62. The fraction of sp³-hybridized carbons (Fsp3) is 0.364. The van der Waals surface area contributed by atoms with E-state index in [1.165, 1.54) is 22.2 Å². The van der Waals surface area contributed by atoms with Crippen LogP contribution in [0.1, 0.15) is 30.9 Å². The molecule has 0 saturated carbocycles. The fourth-order valence-corrected chi connectivity index (χ4v) is 5.74. The van der Waals surface area contributed by atoms with Crippen molar-refractivity contribution < 1.29 is 18.0 Å². The van der Waals surface area contributed by atoms with Gasteiger partial charge in [0.25, 0.3) is 0 Å². The molecule has 0 spiro atoms. The third-order valence-corrected chi connectivity index (χ3v) is 7.58. The number of anilines is 1. The summed E-state index contributed by atoms with van der Waals surface area (Å²) >= 11 is 0. The first-order valence-electron chi connectivity index (χ1n) is 10.1. The van der Waals surface area contributed by atoms with Crippen LogP contribution < -0.4 is 10.2 Å². The zero-order chi connectivity index (χ0) is 21.3. The van der Waals surface area contributed by atoms with E-state index in [2.05, 4.69) is 5.32 Å². The molecule has 0 aromatic heterocycles. The summed E-state index contributed by atoms with van der Waals surface area (Å²) in [5, 5.41) is 2.89. The molecule has 2 amide bonds. The second-order valence-corrected chi connectivity index (χ2v) is 9.65. The van der Waals surface area contributed by atoms with Crippen molar-refractivity contribution in [2.45, 2.75) is 43.7 Å². The van der Waals surface area contributed by atoms with E-state index in [0.717, 1.165) is 18.4 Å². The van der Waals surface area contributed by atoms with Crippen LogP contribution in [0.3, 0.4) is 0 Å². The second kappa shape index (κ2) is 8.20. The number of carbonyl (C=O) groups excluding carboxylic acids is 2. The molecule has 0 radical (unpaired) electrons. The molecule has 0 bridgehead atoms. The van der Waals surface area contributed by atoms with Crippen molar-refractivity contribution in [3.8, 4) is 0 Å². The Bertz CT molecular complexity index is 1060. The Hall–Kier alpha value is -2.71. The molecular formula is C22H25N3O4S. The summed E-state index contributed by atoms with van der Waals surface area (Å²) in [5.41, 5.74) is 2.27. The molecule has 30 heavy (non-hydrogen) atoms. The average Bonchev–Trinajstić information content (AvgIpc) is 3.40. The molecule has 4 rings (SSSR count). The SMILES string of the molecule is CC(=O)N1c2ccc(S(=O)(=O)N3CCCC3)cc2CC1C(=O)NCc1ccccc1. The third-order valence-electron chi connectivity index (χ3n) is 5.69. The number of sulfonamides is 1. The van der Waals surface area contributed by atoms with Crippen molar-refractivity contribution in [3.63, 3.8) is 0 Å². The molecule has 0 aliphatic carbocycles. The molecule has 1 atom stereocenters. The van der Waals surface area contributed by atoms with E-state index in [9.17, 15) is 18.0 Å². The van der Waals surface area contributed by atoms with Crippen LogP contribution in [0.15, 0.2) is 53.4 Å². The quantitative estimate of drug-likeness (QED) is 0.791. The van der Waals surface area contributed by atoms with Crippen LogP contribution >= 0.6 is 0 Å². The normalized spacial score (nSPS) is 19.0. The topological polar surface area (TPSA) is 86.8 Å². The Balaban J connectivity index is 1.56. The van der Waals surface area contributed by atoms with Crippen LogP contribution in [0, 0.1) is 0 Å². The first kappa shape index (κ1) is 20.6. The van der Waals surface area contributed by atoms with Crippen LogP contribution in [-0.4, -0.2) is 43.7 Å². The van der Waals surface area contributed by atoms with Gasteiger partial charge in [0.15, 0.2) is 0 Å². The number of rotatable bonds is 5. The first-order chi connectivity index (χ1) is 14.4. The highest BCUT2D eigenvalue weighted by Gasteiger charge is 2.38. The third kappa shape index (κ3) is 3.85. The average molecular weight is 428 g/mol. The van der Waals surface area contributed by atoms with Gasteiger partial charge in [-0.05, 0) is 42.2 Å². The van der Waals surface area contributed by atoms with Gasteiger partial charge in [-0.2, -0.15) is 4.31 Å². The highest BCUT2D eigenvalue weighted by Crippen LogP contribution is 2.35. The maximum absolute atomic E-state index is 12.9. The van der Waals surface area contributed by atoms with E-state index < -0.39 is 16.1 Å². The minimum absolute atomic E-state index is 0.219. The number of hydrogen-bond acceptors (Lipinski definition) is 4. The highest BCUT2D eigenvalue weighted by atomic mass is 32.2. The van der Waals surface area contributed by atoms with E-state index in [-0.39, 0.29) is 16.7 Å². The maximum atomic E-state index is 12.9. The molecule has 2 heterocycles. The van der Waals surface area contributed by atoms with E-state index in [0.29, 0.717) is 37.3 Å². The van der Waals surface area contributed by atoms with Crippen LogP contribution in [0.25, 0.3) is 0 Å². The second-order valence-electron chi connectivity index (χ2n) is 7.71. The minimum Gasteiger partial charge on any atom is -0.350 e. The summed E-state index contributed by atoms with van der Waals surface area (Å²) in [6.07, 6.45) is 2.02. The van der Waals surface area contributed by atoms with Gasteiger partial charge in [0.1, 0.15) is 6.04 Å². The van der Waals surface area contributed by atoms with Crippen LogP contribution in [0.2, 0.25) is 0 Å². The van der Waals surface area contributed by atoms with Crippen LogP contribution in [0.4, 0.5) is 5.69 Å². The smallest absolute Gasteiger partial charge is 0.243 e. The molecule has 1 unspecified atom stereocenters. The lowest BCUT2D eigenvalue weighted by molar-refractivity contribution is -0.125. The number of nitrogens with one attached hydrogen (secondary N) is 1. The Morgan fingerprint density at radius 1 is 1.07 bits per heavy atom. The van der Waals surface area contributed by atoms with Gasteiger partial charge in [-0.15, -0.1) is 0 Å². The predicted octanol–water partition coefficient (Wildman–Crippen LogP) is 2.07.